The normalized spacial score (nSPS) is 10.0. The van der Waals surface area contributed by atoms with E-state index < -0.39 is 0 Å². The van der Waals surface area contributed by atoms with Crippen molar-refractivity contribution in [1.29, 1.82) is 0 Å². The Balaban J connectivity index is 2.22. The molecule has 1 heterocycles. The first kappa shape index (κ1) is 11.5. The lowest BCUT2D eigenvalue weighted by Crippen LogP contribution is -2.07. The van der Waals surface area contributed by atoms with Gasteiger partial charge in [0.1, 0.15) is 16.7 Å². The van der Waals surface area contributed by atoms with Gasteiger partial charge >= 0.3 is 0 Å². The molecule has 88 valence electrons. The van der Waals surface area contributed by atoms with Crippen molar-refractivity contribution in [3.05, 3.63) is 45.7 Å². The summed E-state index contributed by atoms with van der Waals surface area (Å²) in [6.07, 6.45) is 0. The molecule has 0 atom stereocenters. The molecule has 0 saturated heterocycles. The van der Waals surface area contributed by atoms with Crippen LogP contribution >= 0.6 is 11.6 Å². The number of halogens is 1. The number of nitrogens with zero attached hydrogens (tertiary/aromatic N) is 1. The number of hydrogen-bond donors (Lipinski definition) is 1. The fraction of sp³-hybridized carbons (Fsp3) is 0.0909. The van der Waals surface area contributed by atoms with Gasteiger partial charge in [-0.25, -0.2) is 0 Å². The first-order valence-electron chi connectivity index (χ1n) is 4.76. The summed E-state index contributed by atoms with van der Waals surface area (Å²) in [5, 5.41) is 6.31. The zero-order chi connectivity index (χ0) is 12.3. The second-order valence-corrected chi connectivity index (χ2v) is 3.57. The van der Waals surface area contributed by atoms with Gasteiger partial charge in [-0.1, -0.05) is 11.6 Å². The minimum atomic E-state index is -0.385. The van der Waals surface area contributed by atoms with E-state index in [1.54, 1.807) is 31.4 Å². The number of rotatable bonds is 3. The second kappa shape index (κ2) is 4.88. The quantitative estimate of drug-likeness (QED) is 0.910. The Labute approximate surface area is 102 Å². The molecule has 0 bridgehead atoms. The second-order valence-electron chi connectivity index (χ2n) is 3.16. The molecule has 0 aliphatic heterocycles. The maximum Gasteiger partial charge on any atom is 0.285 e. The fourth-order valence-corrected chi connectivity index (χ4v) is 1.34. The first-order chi connectivity index (χ1) is 8.19. The molecule has 0 unspecified atom stereocenters. The first-order valence-corrected chi connectivity index (χ1v) is 5.14. The molecule has 0 aliphatic rings. The molecule has 0 aliphatic carbocycles. The minimum absolute atomic E-state index is 0.0560. The van der Waals surface area contributed by atoms with Crippen molar-refractivity contribution in [3.8, 4) is 17.4 Å². The van der Waals surface area contributed by atoms with E-state index in [1.807, 2.05) is 0 Å². The van der Waals surface area contributed by atoms with E-state index in [1.165, 1.54) is 6.07 Å². The average Bonchev–Trinajstić information content (AvgIpc) is 2.34. The number of methoxy groups -OCH3 is 1. The highest BCUT2D eigenvalue weighted by Gasteiger charge is 2.05. The molecule has 2 aromatic rings. The van der Waals surface area contributed by atoms with Gasteiger partial charge in [0.2, 0.25) is 5.43 Å². The zero-order valence-corrected chi connectivity index (χ0v) is 9.69. The van der Waals surface area contributed by atoms with Crippen LogP contribution in [0.25, 0.3) is 0 Å². The summed E-state index contributed by atoms with van der Waals surface area (Å²) in [4.78, 5) is 11.5. The van der Waals surface area contributed by atoms with Gasteiger partial charge in [0.25, 0.3) is 5.88 Å². The standard InChI is InChI=1S/C11H9ClN2O3/c1-16-7-2-4-8(5-3-7)17-11-9(15)6-10(12)13-14-11/h2-6H,1H3,(H,13,15). The van der Waals surface area contributed by atoms with Crippen LogP contribution in [0.15, 0.2) is 35.1 Å². The third-order valence-corrected chi connectivity index (χ3v) is 2.20. The van der Waals surface area contributed by atoms with Crippen LogP contribution in [0.4, 0.5) is 0 Å². The molecule has 6 heteroatoms. The van der Waals surface area contributed by atoms with Gasteiger partial charge in [-0.3, -0.25) is 9.89 Å². The number of ether oxygens (including phenoxy) is 2. The van der Waals surface area contributed by atoms with Crippen LogP contribution in [0, 0.1) is 0 Å². The highest BCUT2D eigenvalue weighted by molar-refractivity contribution is 6.29. The lowest BCUT2D eigenvalue weighted by molar-refractivity contribution is 0.411. The summed E-state index contributed by atoms with van der Waals surface area (Å²) in [6, 6.07) is 8.00. The van der Waals surface area contributed by atoms with Crippen molar-refractivity contribution in [2.24, 2.45) is 0 Å². The molecule has 0 fully saturated rings. The van der Waals surface area contributed by atoms with E-state index in [-0.39, 0.29) is 16.5 Å². The maximum absolute atomic E-state index is 11.5. The lowest BCUT2D eigenvalue weighted by atomic mass is 10.3. The molecule has 0 spiro atoms. The third kappa shape index (κ3) is 2.76. The van der Waals surface area contributed by atoms with E-state index in [0.29, 0.717) is 11.5 Å². The molecular weight excluding hydrogens is 244 g/mol. The molecule has 0 saturated carbocycles. The van der Waals surface area contributed by atoms with Gasteiger partial charge in [-0.15, -0.1) is 5.10 Å². The topological polar surface area (TPSA) is 64.2 Å². The van der Waals surface area contributed by atoms with Gasteiger partial charge in [0, 0.05) is 6.07 Å². The molecular formula is C11H9ClN2O3. The summed E-state index contributed by atoms with van der Waals surface area (Å²) in [7, 11) is 1.57. The van der Waals surface area contributed by atoms with Gasteiger partial charge in [0.05, 0.1) is 7.11 Å². The summed E-state index contributed by atoms with van der Waals surface area (Å²) in [5.41, 5.74) is -0.385. The number of aromatic nitrogens is 2. The van der Waals surface area contributed by atoms with Gasteiger partial charge < -0.3 is 9.47 Å². The smallest absolute Gasteiger partial charge is 0.285 e. The predicted octanol–water partition coefficient (Wildman–Crippen LogP) is 2.22. The molecule has 5 nitrogen and oxygen atoms in total. The SMILES string of the molecule is COc1ccc(Oc2n[nH]c(Cl)cc2=O)cc1. The van der Waals surface area contributed by atoms with E-state index in [0.717, 1.165) is 0 Å². The highest BCUT2D eigenvalue weighted by atomic mass is 35.5. The summed E-state index contributed by atoms with van der Waals surface area (Å²) in [6.45, 7) is 0. The minimum Gasteiger partial charge on any atom is -0.497 e. The Morgan fingerprint density at radius 1 is 1.24 bits per heavy atom. The van der Waals surface area contributed by atoms with Crippen molar-refractivity contribution in [1.82, 2.24) is 10.2 Å². The van der Waals surface area contributed by atoms with E-state index in [2.05, 4.69) is 10.2 Å². The van der Waals surface area contributed by atoms with Crippen LogP contribution < -0.4 is 14.9 Å². The summed E-state index contributed by atoms with van der Waals surface area (Å²) < 4.78 is 10.3. The number of H-pyrrole nitrogens is 1. The van der Waals surface area contributed by atoms with Crippen molar-refractivity contribution in [2.45, 2.75) is 0 Å². The Bertz CT molecular complexity index is 566. The van der Waals surface area contributed by atoms with Crippen molar-refractivity contribution >= 4 is 11.6 Å². The summed E-state index contributed by atoms with van der Waals surface area (Å²) in [5.74, 6) is 1.14. The summed E-state index contributed by atoms with van der Waals surface area (Å²) >= 11 is 5.57. The molecule has 0 radical (unpaired) electrons. The lowest BCUT2D eigenvalue weighted by Gasteiger charge is -2.04. The van der Waals surface area contributed by atoms with E-state index >= 15 is 0 Å². The largest absolute Gasteiger partial charge is 0.497 e. The van der Waals surface area contributed by atoms with Crippen LogP contribution in [0.3, 0.4) is 0 Å². The monoisotopic (exact) mass is 252 g/mol. The Morgan fingerprint density at radius 3 is 2.47 bits per heavy atom. The van der Waals surface area contributed by atoms with E-state index in [9.17, 15) is 4.79 Å². The fourth-order valence-electron chi connectivity index (χ4n) is 1.20. The van der Waals surface area contributed by atoms with Crippen LogP contribution in [0.2, 0.25) is 5.15 Å². The van der Waals surface area contributed by atoms with Crippen molar-refractivity contribution in [2.75, 3.05) is 7.11 Å². The third-order valence-electron chi connectivity index (χ3n) is 2.01. The van der Waals surface area contributed by atoms with Crippen molar-refractivity contribution < 1.29 is 9.47 Å². The molecule has 17 heavy (non-hydrogen) atoms. The van der Waals surface area contributed by atoms with Gasteiger partial charge in [-0.05, 0) is 24.3 Å². The number of aromatic amines is 1. The van der Waals surface area contributed by atoms with Crippen LogP contribution in [0.5, 0.6) is 17.4 Å². The molecule has 1 aromatic heterocycles. The Hall–Kier alpha value is -2.01. The zero-order valence-electron chi connectivity index (χ0n) is 8.94. The average molecular weight is 253 g/mol. The molecule has 0 amide bonds. The number of benzene rings is 1. The molecule has 1 N–H and O–H groups in total. The van der Waals surface area contributed by atoms with Crippen LogP contribution in [0.1, 0.15) is 0 Å². The van der Waals surface area contributed by atoms with E-state index in [4.69, 9.17) is 21.1 Å². The molecule has 2 rings (SSSR count). The van der Waals surface area contributed by atoms with Crippen LogP contribution in [-0.2, 0) is 0 Å². The molecule has 1 aromatic carbocycles. The number of hydrogen-bond acceptors (Lipinski definition) is 4. The van der Waals surface area contributed by atoms with Gasteiger partial charge in [0.15, 0.2) is 0 Å². The Kier molecular flexibility index (Phi) is 3.30. The van der Waals surface area contributed by atoms with Gasteiger partial charge in [-0.2, -0.15) is 0 Å². The van der Waals surface area contributed by atoms with Crippen LogP contribution in [-0.4, -0.2) is 17.3 Å². The Morgan fingerprint density at radius 2 is 1.88 bits per heavy atom. The maximum atomic E-state index is 11.5. The highest BCUT2D eigenvalue weighted by Crippen LogP contribution is 2.20. The number of nitrogens with one attached hydrogen (secondary N) is 1. The predicted molar refractivity (Wildman–Crippen MR) is 62.9 cm³/mol. The van der Waals surface area contributed by atoms with Crippen molar-refractivity contribution in [3.63, 3.8) is 0 Å².